The van der Waals surface area contributed by atoms with Gasteiger partial charge < -0.3 is 24.7 Å². The van der Waals surface area contributed by atoms with Gasteiger partial charge in [0.25, 0.3) is 0 Å². The van der Waals surface area contributed by atoms with E-state index in [0.717, 1.165) is 49.4 Å². The third kappa shape index (κ3) is 9.19. The number of halogens is 1. The van der Waals surface area contributed by atoms with E-state index in [4.69, 9.17) is 9.84 Å². The van der Waals surface area contributed by atoms with Crippen molar-refractivity contribution < 1.29 is 24.1 Å². The molecule has 7 heteroatoms. The first-order chi connectivity index (χ1) is 17.3. The Labute approximate surface area is 214 Å². The fraction of sp³-hybridized carbons (Fsp3) is 0.552. The minimum atomic E-state index is -0.480. The van der Waals surface area contributed by atoms with Gasteiger partial charge in [-0.15, -0.1) is 0 Å². The highest BCUT2D eigenvalue weighted by molar-refractivity contribution is 5.79. The molecule has 1 saturated heterocycles. The van der Waals surface area contributed by atoms with Gasteiger partial charge in [-0.3, -0.25) is 4.79 Å². The highest BCUT2D eigenvalue weighted by Crippen LogP contribution is 2.22. The maximum Gasteiger partial charge on any atom is 0.227 e. The number of benzene rings is 2. The lowest BCUT2D eigenvalue weighted by molar-refractivity contribution is -0.134. The molecule has 0 aromatic heterocycles. The maximum absolute atomic E-state index is 13.5. The molecule has 0 bridgehead atoms. The highest BCUT2D eigenvalue weighted by Gasteiger charge is 2.28. The lowest BCUT2D eigenvalue weighted by atomic mass is 10.00. The number of hydrogen-bond donors (Lipinski definition) is 2. The van der Waals surface area contributed by atoms with E-state index < -0.39 is 6.10 Å². The first kappa shape index (κ1) is 28.1. The zero-order valence-corrected chi connectivity index (χ0v) is 21.6. The second-order valence-corrected chi connectivity index (χ2v) is 10.2. The Morgan fingerprint density at radius 3 is 2.31 bits per heavy atom. The predicted octanol–water partition coefficient (Wildman–Crippen LogP) is 4.03. The van der Waals surface area contributed by atoms with Crippen LogP contribution in [0.3, 0.4) is 0 Å². The van der Waals surface area contributed by atoms with Crippen molar-refractivity contribution in [2.24, 2.45) is 5.92 Å². The van der Waals surface area contributed by atoms with Crippen molar-refractivity contribution in [3.8, 4) is 5.75 Å². The van der Waals surface area contributed by atoms with Crippen LogP contribution in [0.1, 0.15) is 50.7 Å². The molecule has 1 fully saturated rings. The number of hydrogen-bond acceptors (Lipinski definition) is 5. The van der Waals surface area contributed by atoms with E-state index in [1.807, 2.05) is 29.2 Å². The van der Waals surface area contributed by atoms with Crippen molar-refractivity contribution in [3.63, 3.8) is 0 Å². The lowest BCUT2D eigenvalue weighted by Crippen LogP contribution is -2.48. The minimum absolute atomic E-state index is 0.00259. The first-order valence-electron chi connectivity index (χ1n) is 13.1. The van der Waals surface area contributed by atoms with Crippen LogP contribution in [0.4, 0.5) is 4.39 Å². The fourth-order valence-corrected chi connectivity index (χ4v) is 4.53. The topological polar surface area (TPSA) is 73.2 Å². The van der Waals surface area contributed by atoms with Crippen LogP contribution in [-0.2, 0) is 17.8 Å². The molecule has 2 aromatic carbocycles. The molecule has 0 aliphatic carbocycles. The van der Waals surface area contributed by atoms with Crippen LogP contribution in [0.5, 0.6) is 5.75 Å². The van der Waals surface area contributed by atoms with Crippen molar-refractivity contribution >= 4 is 5.91 Å². The Hall–Kier alpha value is -2.48. The quantitative estimate of drug-likeness (QED) is 0.435. The van der Waals surface area contributed by atoms with Gasteiger partial charge in [0.1, 0.15) is 11.6 Å². The summed E-state index contributed by atoms with van der Waals surface area (Å²) in [6.45, 7) is 7.80. The van der Waals surface area contributed by atoms with Gasteiger partial charge in [-0.2, -0.15) is 0 Å². The smallest absolute Gasteiger partial charge is 0.227 e. The molecular formula is C29H41FN2O4. The summed E-state index contributed by atoms with van der Waals surface area (Å²) in [6.07, 6.45) is 2.57. The average Bonchev–Trinajstić information content (AvgIpc) is 2.87. The number of nitrogens with zero attached hydrogens (tertiary/aromatic N) is 2. The van der Waals surface area contributed by atoms with Crippen molar-refractivity contribution in [3.05, 3.63) is 65.5 Å². The van der Waals surface area contributed by atoms with Gasteiger partial charge in [-0.05, 0) is 67.0 Å². The van der Waals surface area contributed by atoms with Gasteiger partial charge in [-0.25, -0.2) is 4.39 Å². The van der Waals surface area contributed by atoms with Crippen LogP contribution in [-0.4, -0.2) is 70.9 Å². The zero-order chi connectivity index (χ0) is 25.9. The van der Waals surface area contributed by atoms with E-state index in [-0.39, 0.29) is 24.4 Å². The van der Waals surface area contributed by atoms with Gasteiger partial charge in [0.05, 0.1) is 19.1 Å². The SMILES string of the molecule is CC(C)COc1ccc(CC(=O)N(Cc2ccc(F)cc2)C2CCN(CC[C@@H](O)CCO)CC2)cc1. The van der Waals surface area contributed by atoms with Gasteiger partial charge in [-0.1, -0.05) is 38.1 Å². The van der Waals surface area contributed by atoms with Crippen molar-refractivity contribution in [2.75, 3.05) is 32.8 Å². The summed E-state index contributed by atoms with van der Waals surface area (Å²) >= 11 is 0. The average molecular weight is 501 g/mol. The molecule has 1 aliphatic heterocycles. The molecule has 3 rings (SSSR count). The molecule has 198 valence electrons. The second kappa shape index (κ2) is 14.3. The minimum Gasteiger partial charge on any atom is -0.493 e. The van der Waals surface area contributed by atoms with Crippen molar-refractivity contribution in [1.82, 2.24) is 9.80 Å². The summed E-state index contributed by atoms with van der Waals surface area (Å²) < 4.78 is 19.2. The molecule has 1 heterocycles. The van der Waals surface area contributed by atoms with Crippen LogP contribution in [0, 0.1) is 11.7 Å². The molecule has 2 N–H and O–H groups in total. The number of aliphatic hydroxyl groups excluding tert-OH is 2. The third-order valence-corrected chi connectivity index (χ3v) is 6.69. The normalized spacial score (nSPS) is 15.7. The Morgan fingerprint density at radius 2 is 1.69 bits per heavy atom. The fourth-order valence-electron chi connectivity index (χ4n) is 4.53. The molecule has 1 amide bonds. The van der Waals surface area contributed by atoms with Crippen molar-refractivity contribution in [2.45, 2.75) is 64.6 Å². The van der Waals surface area contributed by atoms with Crippen LogP contribution in [0.15, 0.2) is 48.5 Å². The van der Waals surface area contributed by atoms with Gasteiger partial charge in [0.2, 0.25) is 5.91 Å². The van der Waals surface area contributed by atoms with Gasteiger partial charge >= 0.3 is 0 Å². The van der Waals surface area contributed by atoms with Crippen LogP contribution >= 0.6 is 0 Å². The molecule has 2 aromatic rings. The van der Waals surface area contributed by atoms with E-state index in [1.165, 1.54) is 12.1 Å². The number of rotatable bonds is 13. The Morgan fingerprint density at radius 1 is 1.06 bits per heavy atom. The van der Waals surface area contributed by atoms with E-state index in [0.29, 0.717) is 38.3 Å². The predicted molar refractivity (Wildman–Crippen MR) is 139 cm³/mol. The summed E-state index contributed by atoms with van der Waals surface area (Å²) in [5.41, 5.74) is 1.85. The van der Waals surface area contributed by atoms with E-state index in [1.54, 1.807) is 12.1 Å². The first-order valence-corrected chi connectivity index (χ1v) is 13.1. The second-order valence-electron chi connectivity index (χ2n) is 10.2. The zero-order valence-electron chi connectivity index (χ0n) is 21.6. The molecule has 0 spiro atoms. The molecule has 0 saturated carbocycles. The summed E-state index contributed by atoms with van der Waals surface area (Å²) in [4.78, 5) is 17.8. The van der Waals surface area contributed by atoms with Crippen LogP contribution < -0.4 is 4.74 Å². The number of carbonyl (C=O) groups excluding carboxylic acids is 1. The number of amides is 1. The molecule has 1 atom stereocenters. The maximum atomic E-state index is 13.5. The Bertz CT molecular complexity index is 912. The van der Waals surface area contributed by atoms with E-state index in [9.17, 15) is 14.3 Å². The lowest BCUT2D eigenvalue weighted by Gasteiger charge is -2.39. The molecule has 0 unspecified atom stereocenters. The summed E-state index contributed by atoms with van der Waals surface area (Å²) in [6, 6.07) is 14.2. The number of likely N-dealkylation sites (tertiary alicyclic amines) is 1. The van der Waals surface area contributed by atoms with Crippen LogP contribution in [0.2, 0.25) is 0 Å². The summed E-state index contributed by atoms with van der Waals surface area (Å²) in [5.74, 6) is 1.03. The Balaban J connectivity index is 1.62. The monoisotopic (exact) mass is 500 g/mol. The number of carbonyl (C=O) groups is 1. The molecule has 6 nitrogen and oxygen atoms in total. The number of aliphatic hydroxyl groups is 2. The van der Waals surface area contributed by atoms with Gasteiger partial charge in [0, 0.05) is 38.8 Å². The van der Waals surface area contributed by atoms with Gasteiger partial charge in [0.15, 0.2) is 0 Å². The van der Waals surface area contributed by atoms with Crippen molar-refractivity contribution in [1.29, 1.82) is 0 Å². The third-order valence-electron chi connectivity index (χ3n) is 6.69. The molecule has 0 radical (unpaired) electrons. The largest absolute Gasteiger partial charge is 0.493 e. The number of piperidine rings is 1. The summed E-state index contributed by atoms with van der Waals surface area (Å²) in [7, 11) is 0. The number of ether oxygens (including phenoxy) is 1. The van der Waals surface area contributed by atoms with E-state index >= 15 is 0 Å². The molecule has 1 aliphatic rings. The Kier molecular flexibility index (Phi) is 11.2. The molecule has 36 heavy (non-hydrogen) atoms. The summed E-state index contributed by atoms with van der Waals surface area (Å²) in [5, 5.41) is 18.9. The van der Waals surface area contributed by atoms with E-state index in [2.05, 4.69) is 18.7 Å². The van der Waals surface area contributed by atoms with Crippen LogP contribution in [0.25, 0.3) is 0 Å². The standard InChI is InChI=1S/C29H41FN2O4/c1-22(2)21-36-28-9-5-23(6-10-28)19-29(35)32(20-24-3-7-25(30)8-4-24)26-11-15-31(16-12-26)17-13-27(34)14-18-33/h3-10,22,26-27,33-34H,11-21H2,1-2H3/t27-/m1/s1. The molecular weight excluding hydrogens is 459 g/mol. The highest BCUT2D eigenvalue weighted by atomic mass is 19.1.